The van der Waals surface area contributed by atoms with Gasteiger partial charge in [-0.2, -0.15) is 4.98 Å². The molecule has 5 heteroatoms. The van der Waals surface area contributed by atoms with Gasteiger partial charge in [-0.15, -0.1) is 5.10 Å². The van der Waals surface area contributed by atoms with Crippen LogP contribution >= 0.6 is 0 Å². The first-order valence-electron chi connectivity index (χ1n) is 6.51. The van der Waals surface area contributed by atoms with E-state index < -0.39 is 0 Å². The molecule has 0 amide bonds. The van der Waals surface area contributed by atoms with Crippen molar-refractivity contribution in [2.75, 3.05) is 5.32 Å². The van der Waals surface area contributed by atoms with Gasteiger partial charge in [-0.3, -0.25) is 0 Å². The SMILES string of the molecule is Cc1cccc2nc(NCc3cccc(CO)c3)nn12. The Morgan fingerprint density at radius 3 is 2.75 bits per heavy atom. The summed E-state index contributed by atoms with van der Waals surface area (Å²) < 4.78 is 1.81. The van der Waals surface area contributed by atoms with E-state index in [-0.39, 0.29) is 6.61 Å². The molecule has 2 heterocycles. The molecule has 1 aromatic carbocycles. The van der Waals surface area contributed by atoms with Gasteiger partial charge in [0.1, 0.15) is 0 Å². The van der Waals surface area contributed by atoms with E-state index in [0.29, 0.717) is 12.5 Å². The van der Waals surface area contributed by atoms with Gasteiger partial charge in [0.2, 0.25) is 5.95 Å². The molecule has 0 aliphatic carbocycles. The van der Waals surface area contributed by atoms with Crippen molar-refractivity contribution in [2.45, 2.75) is 20.1 Å². The largest absolute Gasteiger partial charge is 0.392 e. The van der Waals surface area contributed by atoms with Gasteiger partial charge >= 0.3 is 0 Å². The second-order valence-electron chi connectivity index (χ2n) is 4.70. The maximum absolute atomic E-state index is 9.12. The van der Waals surface area contributed by atoms with Crippen molar-refractivity contribution in [3.05, 3.63) is 59.3 Å². The van der Waals surface area contributed by atoms with Crippen molar-refractivity contribution >= 4 is 11.6 Å². The van der Waals surface area contributed by atoms with E-state index in [1.165, 1.54) is 0 Å². The number of nitrogens with zero attached hydrogens (tertiary/aromatic N) is 3. The summed E-state index contributed by atoms with van der Waals surface area (Å²) >= 11 is 0. The molecule has 0 radical (unpaired) electrons. The number of aromatic nitrogens is 3. The summed E-state index contributed by atoms with van der Waals surface area (Å²) in [4.78, 5) is 4.42. The van der Waals surface area contributed by atoms with Crippen molar-refractivity contribution in [1.82, 2.24) is 14.6 Å². The highest BCUT2D eigenvalue weighted by Gasteiger charge is 2.04. The lowest BCUT2D eigenvalue weighted by Crippen LogP contribution is -2.02. The van der Waals surface area contributed by atoms with Crippen LogP contribution in [0.2, 0.25) is 0 Å². The number of hydrogen-bond acceptors (Lipinski definition) is 4. The predicted octanol–water partition coefficient (Wildman–Crippen LogP) is 2.14. The molecule has 20 heavy (non-hydrogen) atoms. The molecule has 0 bridgehead atoms. The van der Waals surface area contributed by atoms with Crippen molar-refractivity contribution in [1.29, 1.82) is 0 Å². The minimum atomic E-state index is 0.0552. The third kappa shape index (κ3) is 2.48. The second kappa shape index (κ2) is 5.30. The fourth-order valence-corrected chi connectivity index (χ4v) is 2.13. The quantitative estimate of drug-likeness (QED) is 0.761. The van der Waals surface area contributed by atoms with E-state index in [1.807, 2.05) is 53.9 Å². The molecule has 2 N–H and O–H groups in total. The molecule has 5 nitrogen and oxygen atoms in total. The molecular formula is C15H16N4O. The molecule has 0 atom stereocenters. The normalized spacial score (nSPS) is 10.9. The number of fused-ring (bicyclic) bond motifs is 1. The lowest BCUT2D eigenvalue weighted by atomic mass is 10.1. The Balaban J connectivity index is 1.78. The number of aryl methyl sites for hydroxylation is 1. The van der Waals surface area contributed by atoms with Gasteiger partial charge in [-0.25, -0.2) is 4.52 Å². The van der Waals surface area contributed by atoms with Gasteiger partial charge < -0.3 is 10.4 Å². The Labute approximate surface area is 116 Å². The van der Waals surface area contributed by atoms with Crippen LogP contribution in [0.15, 0.2) is 42.5 Å². The molecule has 2 aromatic heterocycles. The summed E-state index contributed by atoms with van der Waals surface area (Å²) in [5.41, 5.74) is 3.87. The number of rotatable bonds is 4. The zero-order valence-electron chi connectivity index (χ0n) is 11.2. The highest BCUT2D eigenvalue weighted by Crippen LogP contribution is 2.10. The highest BCUT2D eigenvalue weighted by molar-refractivity contribution is 5.44. The fraction of sp³-hybridized carbons (Fsp3) is 0.200. The average molecular weight is 268 g/mol. The smallest absolute Gasteiger partial charge is 0.243 e. The van der Waals surface area contributed by atoms with Gasteiger partial charge in [0.15, 0.2) is 5.65 Å². The first kappa shape index (κ1) is 12.6. The lowest BCUT2D eigenvalue weighted by molar-refractivity contribution is 0.281. The molecule has 0 saturated heterocycles. The van der Waals surface area contributed by atoms with Crippen LogP contribution in [0.4, 0.5) is 5.95 Å². The molecular weight excluding hydrogens is 252 g/mol. The van der Waals surface area contributed by atoms with Gasteiger partial charge in [-0.1, -0.05) is 30.3 Å². The number of nitrogens with one attached hydrogen (secondary N) is 1. The number of hydrogen-bond donors (Lipinski definition) is 2. The van der Waals surface area contributed by atoms with Crippen LogP contribution in [0, 0.1) is 6.92 Å². The minimum Gasteiger partial charge on any atom is -0.392 e. The predicted molar refractivity (Wildman–Crippen MR) is 77.4 cm³/mol. The topological polar surface area (TPSA) is 62.5 Å². The second-order valence-corrected chi connectivity index (χ2v) is 4.70. The Bertz CT molecular complexity index is 736. The molecule has 0 aliphatic rings. The van der Waals surface area contributed by atoms with Crippen molar-refractivity contribution in [2.24, 2.45) is 0 Å². The van der Waals surface area contributed by atoms with E-state index in [2.05, 4.69) is 15.4 Å². The highest BCUT2D eigenvalue weighted by atomic mass is 16.3. The van der Waals surface area contributed by atoms with Crippen LogP contribution in [-0.2, 0) is 13.2 Å². The zero-order chi connectivity index (χ0) is 13.9. The Kier molecular flexibility index (Phi) is 3.35. The van der Waals surface area contributed by atoms with Crippen molar-refractivity contribution < 1.29 is 5.11 Å². The number of pyridine rings is 1. The molecule has 0 saturated carbocycles. The average Bonchev–Trinajstić information content (AvgIpc) is 2.90. The maximum Gasteiger partial charge on any atom is 0.243 e. The first-order chi connectivity index (χ1) is 9.76. The summed E-state index contributed by atoms with van der Waals surface area (Å²) in [6, 6.07) is 13.7. The number of anilines is 1. The van der Waals surface area contributed by atoms with Crippen molar-refractivity contribution in [3.63, 3.8) is 0 Å². The summed E-state index contributed by atoms with van der Waals surface area (Å²) in [6.45, 7) is 2.68. The maximum atomic E-state index is 9.12. The van der Waals surface area contributed by atoms with Crippen LogP contribution in [0.5, 0.6) is 0 Å². The van der Waals surface area contributed by atoms with Crippen LogP contribution in [0.1, 0.15) is 16.8 Å². The number of aliphatic hydroxyl groups is 1. The summed E-state index contributed by atoms with van der Waals surface area (Å²) in [7, 11) is 0. The fourth-order valence-electron chi connectivity index (χ4n) is 2.13. The van der Waals surface area contributed by atoms with E-state index in [9.17, 15) is 0 Å². The van der Waals surface area contributed by atoms with Crippen LogP contribution < -0.4 is 5.32 Å². The molecule has 0 spiro atoms. The van der Waals surface area contributed by atoms with Crippen LogP contribution in [0.3, 0.4) is 0 Å². The van der Waals surface area contributed by atoms with E-state index in [4.69, 9.17) is 5.11 Å². The molecule has 3 aromatic rings. The monoisotopic (exact) mass is 268 g/mol. The molecule has 0 unspecified atom stereocenters. The molecule has 0 aliphatic heterocycles. The standard InChI is InChI=1S/C15H16N4O/c1-11-4-2-7-14-17-15(18-19(11)14)16-9-12-5-3-6-13(8-12)10-20/h2-8,20H,9-10H2,1H3,(H,16,18). The van der Waals surface area contributed by atoms with Crippen molar-refractivity contribution in [3.8, 4) is 0 Å². The summed E-state index contributed by atoms with van der Waals surface area (Å²) in [6.07, 6.45) is 0. The Hall–Kier alpha value is -2.40. The van der Waals surface area contributed by atoms with Gasteiger partial charge in [-0.05, 0) is 30.2 Å². The van der Waals surface area contributed by atoms with E-state index in [0.717, 1.165) is 22.5 Å². The number of aliphatic hydroxyl groups excluding tert-OH is 1. The van der Waals surface area contributed by atoms with Gasteiger partial charge in [0.05, 0.1) is 6.61 Å². The van der Waals surface area contributed by atoms with Crippen LogP contribution in [0.25, 0.3) is 5.65 Å². The zero-order valence-corrected chi connectivity index (χ0v) is 11.2. The lowest BCUT2D eigenvalue weighted by Gasteiger charge is -2.03. The van der Waals surface area contributed by atoms with E-state index >= 15 is 0 Å². The molecule has 3 rings (SSSR count). The summed E-state index contributed by atoms with van der Waals surface area (Å²) in [5, 5.41) is 16.7. The molecule has 0 fully saturated rings. The van der Waals surface area contributed by atoms with E-state index in [1.54, 1.807) is 0 Å². The van der Waals surface area contributed by atoms with Gasteiger partial charge in [0.25, 0.3) is 0 Å². The third-order valence-corrected chi connectivity index (χ3v) is 3.17. The van der Waals surface area contributed by atoms with Gasteiger partial charge in [0, 0.05) is 12.2 Å². The first-order valence-corrected chi connectivity index (χ1v) is 6.51. The Morgan fingerprint density at radius 1 is 1.15 bits per heavy atom. The third-order valence-electron chi connectivity index (χ3n) is 3.17. The summed E-state index contributed by atoms with van der Waals surface area (Å²) in [5.74, 6) is 0.605. The Morgan fingerprint density at radius 2 is 1.95 bits per heavy atom. The minimum absolute atomic E-state index is 0.0552. The van der Waals surface area contributed by atoms with Crippen LogP contribution in [-0.4, -0.2) is 19.7 Å². The number of benzene rings is 1. The molecule has 102 valence electrons.